The van der Waals surface area contributed by atoms with Crippen molar-refractivity contribution >= 4 is 32.8 Å². The minimum Gasteiger partial charge on any atom is -0.448 e. The van der Waals surface area contributed by atoms with Crippen molar-refractivity contribution in [2.24, 2.45) is 10.7 Å². The number of nitrogens with zero attached hydrogens (tertiary/aromatic N) is 4. The monoisotopic (exact) mass is 517 g/mol. The lowest BCUT2D eigenvalue weighted by molar-refractivity contribution is -0.107. The first-order chi connectivity index (χ1) is 17.9. The number of pyridine rings is 1. The second-order valence-corrected chi connectivity index (χ2v) is 11.0. The Bertz CT molecular complexity index is 1690. The van der Waals surface area contributed by atoms with E-state index in [0.29, 0.717) is 23.2 Å². The highest BCUT2D eigenvalue weighted by Crippen LogP contribution is 2.26. The maximum absolute atomic E-state index is 13.2. The summed E-state index contributed by atoms with van der Waals surface area (Å²) in [5.41, 5.74) is 9.29. The molecule has 4 heterocycles. The fourth-order valence-corrected chi connectivity index (χ4v) is 5.88. The zero-order chi connectivity index (χ0) is 25.6. The van der Waals surface area contributed by atoms with Crippen LogP contribution >= 0.6 is 0 Å². The molecule has 0 amide bonds. The van der Waals surface area contributed by atoms with Gasteiger partial charge in [0.05, 0.1) is 17.0 Å². The molecule has 190 valence electrons. The van der Waals surface area contributed by atoms with Gasteiger partial charge < -0.3 is 14.4 Å². The lowest BCUT2D eigenvalue weighted by Crippen LogP contribution is -2.48. The fourth-order valence-electron chi connectivity index (χ4n) is 4.57. The number of aromatic nitrogens is 2. The minimum absolute atomic E-state index is 0.197. The highest BCUT2D eigenvalue weighted by Gasteiger charge is 2.23. The Morgan fingerprint density at radius 3 is 2.68 bits per heavy atom. The van der Waals surface area contributed by atoms with Gasteiger partial charge in [-0.25, -0.2) is 22.4 Å². The fraction of sp³-hybridized carbons (Fsp3) is 0.259. The zero-order valence-electron chi connectivity index (χ0n) is 20.3. The summed E-state index contributed by atoms with van der Waals surface area (Å²) in [6.45, 7) is 2.62. The van der Waals surface area contributed by atoms with Crippen LogP contribution in [0.5, 0.6) is 5.88 Å². The minimum atomic E-state index is -3.80. The first kappa shape index (κ1) is 23.7. The SMILES string of the molecule is Cc1ccc(S(=O)(=O)n2ccc3c2=NC(N)N(c2ccc4nc(OC5CCCCO5)ccc4c2)C=3)cc1. The van der Waals surface area contributed by atoms with E-state index in [0.717, 1.165) is 41.4 Å². The third-order valence-corrected chi connectivity index (χ3v) is 8.27. The van der Waals surface area contributed by atoms with Crippen LogP contribution in [0.15, 0.2) is 76.7 Å². The molecule has 37 heavy (non-hydrogen) atoms. The highest BCUT2D eigenvalue weighted by atomic mass is 32.2. The Morgan fingerprint density at radius 2 is 1.89 bits per heavy atom. The lowest BCUT2D eigenvalue weighted by atomic mass is 10.2. The molecule has 2 N–H and O–H groups in total. The highest BCUT2D eigenvalue weighted by molar-refractivity contribution is 7.90. The zero-order valence-corrected chi connectivity index (χ0v) is 21.1. The molecule has 2 atom stereocenters. The molecule has 1 fully saturated rings. The van der Waals surface area contributed by atoms with Crippen LogP contribution in [0.2, 0.25) is 0 Å². The number of benzene rings is 2. The molecule has 2 aliphatic rings. The van der Waals surface area contributed by atoms with Crippen molar-refractivity contribution < 1.29 is 17.9 Å². The van der Waals surface area contributed by atoms with Gasteiger partial charge in [0.15, 0.2) is 11.8 Å². The first-order valence-corrected chi connectivity index (χ1v) is 13.6. The van der Waals surface area contributed by atoms with Crippen LogP contribution < -0.4 is 26.1 Å². The van der Waals surface area contributed by atoms with E-state index in [4.69, 9.17) is 15.2 Å². The van der Waals surface area contributed by atoms with E-state index in [1.807, 2.05) is 48.4 Å². The van der Waals surface area contributed by atoms with Crippen molar-refractivity contribution in [3.63, 3.8) is 0 Å². The van der Waals surface area contributed by atoms with Gasteiger partial charge in [0.2, 0.25) is 12.2 Å². The average Bonchev–Trinajstić information content (AvgIpc) is 3.32. The van der Waals surface area contributed by atoms with Gasteiger partial charge in [0.1, 0.15) is 0 Å². The Hall–Kier alpha value is -3.73. The van der Waals surface area contributed by atoms with E-state index in [9.17, 15) is 8.42 Å². The van der Waals surface area contributed by atoms with Gasteiger partial charge in [-0.3, -0.25) is 5.73 Å². The van der Waals surface area contributed by atoms with Crippen LogP contribution in [0.4, 0.5) is 5.69 Å². The van der Waals surface area contributed by atoms with Gasteiger partial charge in [-0.15, -0.1) is 0 Å². The van der Waals surface area contributed by atoms with Crippen LogP contribution in [0, 0.1) is 6.92 Å². The van der Waals surface area contributed by atoms with Crippen molar-refractivity contribution in [2.45, 2.75) is 43.7 Å². The molecule has 0 aliphatic carbocycles. The quantitative estimate of drug-likeness (QED) is 0.433. The molecule has 0 spiro atoms. The van der Waals surface area contributed by atoms with Crippen LogP contribution in [0.3, 0.4) is 0 Å². The van der Waals surface area contributed by atoms with Gasteiger partial charge in [0.25, 0.3) is 10.0 Å². The molecule has 10 heteroatoms. The smallest absolute Gasteiger partial charge is 0.269 e. The van der Waals surface area contributed by atoms with Crippen LogP contribution in [0.25, 0.3) is 17.1 Å². The summed E-state index contributed by atoms with van der Waals surface area (Å²) < 4.78 is 39.2. The molecule has 4 aromatic rings. The Morgan fingerprint density at radius 1 is 1.05 bits per heavy atom. The first-order valence-electron chi connectivity index (χ1n) is 12.2. The summed E-state index contributed by atoms with van der Waals surface area (Å²) in [5, 5.41) is 1.58. The maximum Gasteiger partial charge on any atom is 0.269 e. The molecule has 9 nitrogen and oxygen atoms in total. The molecule has 2 aliphatic heterocycles. The number of hydrogen-bond acceptors (Lipinski definition) is 8. The van der Waals surface area contributed by atoms with Gasteiger partial charge in [0, 0.05) is 41.2 Å². The summed E-state index contributed by atoms with van der Waals surface area (Å²) >= 11 is 0. The maximum atomic E-state index is 13.2. The number of anilines is 1. The number of rotatable bonds is 5. The molecule has 2 aromatic carbocycles. The number of ether oxygens (including phenoxy) is 2. The number of aryl methyl sites for hydroxylation is 1. The lowest BCUT2D eigenvalue weighted by Gasteiger charge is -2.27. The molecule has 2 unspecified atom stereocenters. The second kappa shape index (κ2) is 9.29. The third-order valence-electron chi connectivity index (χ3n) is 6.59. The number of hydrogen-bond donors (Lipinski definition) is 1. The van der Waals surface area contributed by atoms with Gasteiger partial charge >= 0.3 is 0 Å². The molecule has 0 radical (unpaired) electrons. The second-order valence-electron chi connectivity index (χ2n) is 9.23. The van der Waals surface area contributed by atoms with Crippen molar-refractivity contribution in [3.05, 3.63) is 83.1 Å². The standard InChI is InChI=1S/C27H27N5O4S/c1-18-5-9-22(10-6-18)37(33,34)32-14-13-20-17-31(27(28)30-26(20)32)21-8-11-23-19(16-21)7-12-24(29-23)36-25-4-2-3-15-35-25/h5-14,16-17,25,27H,2-4,15,28H2,1H3. The molecule has 2 aromatic heterocycles. The van der Waals surface area contributed by atoms with E-state index < -0.39 is 16.3 Å². The summed E-state index contributed by atoms with van der Waals surface area (Å²) in [6.07, 6.45) is 5.29. The van der Waals surface area contributed by atoms with Crippen LogP contribution in [-0.2, 0) is 14.8 Å². The van der Waals surface area contributed by atoms with Gasteiger partial charge in [-0.2, -0.15) is 0 Å². The molecule has 0 saturated carbocycles. The Balaban J connectivity index is 1.30. The van der Waals surface area contributed by atoms with Crippen molar-refractivity contribution in [1.29, 1.82) is 0 Å². The topological polar surface area (TPSA) is 112 Å². The molecule has 1 saturated heterocycles. The third kappa shape index (κ3) is 4.48. The summed E-state index contributed by atoms with van der Waals surface area (Å²) in [5.74, 6) is 0.532. The van der Waals surface area contributed by atoms with Crippen molar-refractivity contribution in [2.75, 3.05) is 11.5 Å². The number of fused-ring (bicyclic) bond motifs is 2. The molecular weight excluding hydrogens is 490 g/mol. The van der Waals surface area contributed by atoms with E-state index in [-0.39, 0.29) is 11.2 Å². The van der Waals surface area contributed by atoms with E-state index >= 15 is 0 Å². The van der Waals surface area contributed by atoms with E-state index in [1.165, 1.54) is 10.2 Å². The van der Waals surface area contributed by atoms with Crippen LogP contribution in [-0.4, -0.2) is 36.6 Å². The molecule has 0 bridgehead atoms. The predicted octanol–water partition coefficient (Wildman–Crippen LogP) is 2.61. The Kier molecular flexibility index (Phi) is 5.94. The van der Waals surface area contributed by atoms with E-state index in [1.54, 1.807) is 30.3 Å². The van der Waals surface area contributed by atoms with Crippen molar-refractivity contribution in [3.8, 4) is 5.88 Å². The average molecular weight is 518 g/mol. The van der Waals surface area contributed by atoms with Crippen molar-refractivity contribution in [1.82, 2.24) is 8.96 Å². The van der Waals surface area contributed by atoms with E-state index in [2.05, 4.69) is 9.98 Å². The molecular formula is C27H27N5O4S. The predicted molar refractivity (Wildman–Crippen MR) is 140 cm³/mol. The van der Waals surface area contributed by atoms with Gasteiger partial charge in [-0.1, -0.05) is 17.7 Å². The largest absolute Gasteiger partial charge is 0.448 e. The number of nitrogens with two attached hydrogens (primary N) is 1. The summed E-state index contributed by atoms with van der Waals surface area (Å²) in [4.78, 5) is 11.2. The summed E-state index contributed by atoms with van der Waals surface area (Å²) in [7, 11) is -3.80. The molecule has 6 rings (SSSR count). The van der Waals surface area contributed by atoms with Gasteiger partial charge in [-0.05, 0) is 62.2 Å². The Labute approximate surface area is 214 Å². The van der Waals surface area contributed by atoms with Crippen LogP contribution in [0.1, 0.15) is 24.8 Å². The summed E-state index contributed by atoms with van der Waals surface area (Å²) in [6, 6.07) is 18.0. The normalized spacial score (nSPS) is 19.7.